The van der Waals surface area contributed by atoms with Crippen molar-refractivity contribution in [2.45, 2.75) is 6.54 Å². The topological polar surface area (TPSA) is 95.4 Å². The van der Waals surface area contributed by atoms with Crippen molar-refractivity contribution in [3.05, 3.63) is 84.7 Å². The quantitative estimate of drug-likeness (QED) is 0.497. The lowest BCUT2D eigenvalue weighted by Crippen LogP contribution is -2.05. The Labute approximate surface area is 171 Å². The number of halogens is 1. The molecule has 1 aromatic carbocycles. The highest BCUT2D eigenvalue weighted by atomic mass is 19.1. The van der Waals surface area contributed by atoms with E-state index in [-0.39, 0.29) is 12.4 Å². The molecule has 0 aliphatic heterocycles. The molecule has 0 saturated carbocycles. The lowest BCUT2D eigenvalue weighted by atomic mass is 10.1. The molecule has 0 aliphatic carbocycles. The Bertz CT molecular complexity index is 1350. The van der Waals surface area contributed by atoms with Gasteiger partial charge in [-0.15, -0.1) is 0 Å². The maximum atomic E-state index is 14.2. The van der Waals surface area contributed by atoms with Gasteiger partial charge in [0.15, 0.2) is 11.5 Å². The molecule has 146 valence electrons. The summed E-state index contributed by atoms with van der Waals surface area (Å²) in [5, 5.41) is 5.40. The lowest BCUT2D eigenvalue weighted by molar-refractivity contribution is 0.589. The number of nitrogens with zero attached hydrogens (tertiary/aromatic N) is 6. The van der Waals surface area contributed by atoms with E-state index in [9.17, 15) is 4.39 Å². The summed E-state index contributed by atoms with van der Waals surface area (Å²) in [6.07, 6.45) is 6.73. The predicted octanol–water partition coefficient (Wildman–Crippen LogP) is 3.72. The van der Waals surface area contributed by atoms with Gasteiger partial charge < -0.3 is 5.73 Å². The number of rotatable bonds is 4. The first-order chi connectivity index (χ1) is 14.7. The molecule has 5 rings (SSSR count). The van der Waals surface area contributed by atoms with Crippen molar-refractivity contribution < 1.29 is 4.39 Å². The van der Waals surface area contributed by atoms with Crippen LogP contribution in [0.1, 0.15) is 5.56 Å². The highest BCUT2D eigenvalue weighted by Crippen LogP contribution is 2.29. The van der Waals surface area contributed by atoms with Gasteiger partial charge in [0.1, 0.15) is 17.3 Å². The van der Waals surface area contributed by atoms with Crippen molar-refractivity contribution in [1.82, 2.24) is 29.7 Å². The van der Waals surface area contributed by atoms with Gasteiger partial charge in [-0.3, -0.25) is 4.98 Å². The molecule has 5 aromatic rings. The maximum absolute atomic E-state index is 14.2. The van der Waals surface area contributed by atoms with Crippen LogP contribution in [0, 0.1) is 5.82 Å². The highest BCUT2D eigenvalue weighted by Gasteiger charge is 2.18. The number of hydrogen-bond donors (Lipinski definition) is 1. The summed E-state index contributed by atoms with van der Waals surface area (Å²) < 4.78 is 15.8. The monoisotopic (exact) mass is 397 g/mol. The Kier molecular flexibility index (Phi) is 4.36. The van der Waals surface area contributed by atoms with Crippen LogP contribution >= 0.6 is 0 Å². The van der Waals surface area contributed by atoms with Gasteiger partial charge in [0.05, 0.1) is 11.9 Å². The van der Waals surface area contributed by atoms with Gasteiger partial charge in [-0.1, -0.05) is 24.3 Å². The van der Waals surface area contributed by atoms with E-state index in [1.165, 1.54) is 6.07 Å². The molecule has 4 aromatic heterocycles. The minimum absolute atomic E-state index is 0.240. The Morgan fingerprint density at radius 1 is 0.933 bits per heavy atom. The smallest absolute Gasteiger partial charge is 0.182 e. The molecular weight excluding hydrogens is 381 g/mol. The number of aromatic nitrogens is 6. The minimum Gasteiger partial charge on any atom is -0.383 e. The van der Waals surface area contributed by atoms with Crippen LogP contribution in [-0.4, -0.2) is 29.7 Å². The molecule has 8 heteroatoms. The number of nitrogen functional groups attached to an aromatic ring is 1. The number of pyridine rings is 2. The van der Waals surface area contributed by atoms with Crippen molar-refractivity contribution in [2.24, 2.45) is 0 Å². The number of benzene rings is 1. The van der Waals surface area contributed by atoms with Crippen LogP contribution in [0.2, 0.25) is 0 Å². The minimum atomic E-state index is -0.292. The van der Waals surface area contributed by atoms with Gasteiger partial charge in [-0.2, -0.15) is 5.10 Å². The van der Waals surface area contributed by atoms with E-state index in [0.717, 1.165) is 10.9 Å². The number of nitrogens with two attached hydrogens (primary N) is 1. The third-order valence-corrected chi connectivity index (χ3v) is 4.79. The summed E-state index contributed by atoms with van der Waals surface area (Å²) in [5.74, 6) is 0.416. The Hall–Kier alpha value is -4.20. The maximum Gasteiger partial charge on any atom is 0.182 e. The second kappa shape index (κ2) is 7.32. The standard InChI is InChI=1S/C22H16FN7/c23-18-8-2-1-5-15(18)13-30-22-16(7-4-10-26-22)19(29-30)21-27-12-17(20(24)28-21)14-6-3-9-25-11-14/h1-12H,13H2,(H2,24,27,28). The van der Waals surface area contributed by atoms with E-state index in [1.807, 2.05) is 24.3 Å². The van der Waals surface area contributed by atoms with Gasteiger partial charge in [0.25, 0.3) is 0 Å². The largest absolute Gasteiger partial charge is 0.383 e. The van der Waals surface area contributed by atoms with Crippen LogP contribution in [0.5, 0.6) is 0 Å². The van der Waals surface area contributed by atoms with Gasteiger partial charge in [0, 0.05) is 41.5 Å². The fraction of sp³-hybridized carbons (Fsp3) is 0.0455. The Balaban J connectivity index is 1.60. The Morgan fingerprint density at radius 3 is 2.60 bits per heavy atom. The van der Waals surface area contributed by atoms with Gasteiger partial charge >= 0.3 is 0 Å². The summed E-state index contributed by atoms with van der Waals surface area (Å²) in [6, 6.07) is 14.0. The zero-order chi connectivity index (χ0) is 20.5. The second-order valence-corrected chi connectivity index (χ2v) is 6.71. The molecule has 7 nitrogen and oxygen atoms in total. The summed E-state index contributed by atoms with van der Waals surface area (Å²) in [4.78, 5) is 17.5. The van der Waals surface area contributed by atoms with E-state index < -0.39 is 0 Å². The van der Waals surface area contributed by atoms with Crippen LogP contribution in [0.4, 0.5) is 10.2 Å². The fourth-order valence-electron chi connectivity index (χ4n) is 3.33. The van der Waals surface area contributed by atoms with Gasteiger partial charge in [0.2, 0.25) is 0 Å². The molecule has 0 atom stereocenters. The van der Waals surface area contributed by atoms with E-state index in [2.05, 4.69) is 25.0 Å². The average molecular weight is 397 g/mol. The van der Waals surface area contributed by atoms with E-state index >= 15 is 0 Å². The van der Waals surface area contributed by atoms with Gasteiger partial charge in [-0.05, 0) is 24.3 Å². The molecule has 0 aliphatic rings. The number of hydrogen-bond acceptors (Lipinski definition) is 6. The van der Waals surface area contributed by atoms with Crippen molar-refractivity contribution in [3.63, 3.8) is 0 Å². The molecule has 0 fully saturated rings. The predicted molar refractivity (Wildman–Crippen MR) is 112 cm³/mol. The molecular formula is C22H16FN7. The number of fused-ring (bicyclic) bond motifs is 1. The molecule has 0 spiro atoms. The van der Waals surface area contributed by atoms with Crippen molar-refractivity contribution in [2.75, 3.05) is 5.73 Å². The normalized spacial score (nSPS) is 11.1. The van der Waals surface area contributed by atoms with Crippen LogP contribution in [-0.2, 0) is 6.54 Å². The zero-order valence-corrected chi connectivity index (χ0v) is 15.8. The molecule has 0 bridgehead atoms. The highest BCUT2D eigenvalue weighted by molar-refractivity contribution is 5.89. The molecule has 0 radical (unpaired) electrons. The van der Waals surface area contributed by atoms with Gasteiger partial charge in [-0.25, -0.2) is 24.0 Å². The summed E-state index contributed by atoms with van der Waals surface area (Å²) >= 11 is 0. The van der Waals surface area contributed by atoms with Crippen LogP contribution in [0.25, 0.3) is 33.7 Å². The van der Waals surface area contributed by atoms with Crippen molar-refractivity contribution in [3.8, 4) is 22.6 Å². The molecule has 0 amide bonds. The summed E-state index contributed by atoms with van der Waals surface area (Å²) in [5.41, 5.74) is 9.41. The van der Waals surface area contributed by atoms with Crippen molar-refractivity contribution in [1.29, 1.82) is 0 Å². The molecule has 4 heterocycles. The molecule has 0 unspecified atom stereocenters. The third-order valence-electron chi connectivity index (χ3n) is 4.79. The first-order valence-corrected chi connectivity index (χ1v) is 9.29. The fourth-order valence-corrected chi connectivity index (χ4v) is 3.33. The Morgan fingerprint density at radius 2 is 1.80 bits per heavy atom. The molecule has 0 saturated heterocycles. The lowest BCUT2D eigenvalue weighted by Gasteiger charge is -2.06. The second-order valence-electron chi connectivity index (χ2n) is 6.71. The van der Waals surface area contributed by atoms with Crippen LogP contribution in [0.3, 0.4) is 0 Å². The molecule has 30 heavy (non-hydrogen) atoms. The third kappa shape index (κ3) is 3.14. The van der Waals surface area contributed by atoms with Crippen LogP contribution in [0.15, 0.2) is 73.3 Å². The van der Waals surface area contributed by atoms with E-state index in [1.54, 1.807) is 47.7 Å². The summed E-state index contributed by atoms with van der Waals surface area (Å²) in [6.45, 7) is 0.240. The first-order valence-electron chi connectivity index (χ1n) is 9.29. The van der Waals surface area contributed by atoms with E-state index in [4.69, 9.17) is 5.73 Å². The van der Waals surface area contributed by atoms with E-state index in [0.29, 0.717) is 34.1 Å². The SMILES string of the molecule is Nc1nc(-c2nn(Cc3ccccc3F)c3ncccc23)ncc1-c1cccnc1. The average Bonchev–Trinajstić information content (AvgIpc) is 3.14. The number of anilines is 1. The zero-order valence-electron chi connectivity index (χ0n) is 15.8. The molecule has 2 N–H and O–H groups in total. The van der Waals surface area contributed by atoms with Crippen LogP contribution < -0.4 is 5.73 Å². The first kappa shape index (κ1) is 17.9. The van der Waals surface area contributed by atoms with Crippen molar-refractivity contribution >= 4 is 16.9 Å². The summed E-state index contributed by atoms with van der Waals surface area (Å²) in [7, 11) is 0.